The van der Waals surface area contributed by atoms with E-state index in [4.69, 9.17) is 0 Å². The molecule has 302 valence electrons. The quantitative estimate of drug-likeness (QED) is 0.0949. The van der Waals surface area contributed by atoms with Gasteiger partial charge in [0.1, 0.15) is 9.79 Å². The number of aromatic hydroxyl groups is 3. The van der Waals surface area contributed by atoms with E-state index in [1.54, 1.807) is 6.07 Å². The number of nitrogens with zero attached hydrogens (tertiary/aromatic N) is 6. The first-order chi connectivity index (χ1) is 29.6. The van der Waals surface area contributed by atoms with Gasteiger partial charge in [-0.15, -0.1) is 0 Å². The van der Waals surface area contributed by atoms with Crippen molar-refractivity contribution in [3.05, 3.63) is 160 Å². The van der Waals surface area contributed by atoms with Gasteiger partial charge in [-0.3, -0.25) is 4.79 Å². The fourth-order valence-corrected chi connectivity index (χ4v) is 13.7. The lowest BCUT2D eigenvalue weighted by Gasteiger charge is -2.21. The lowest BCUT2D eigenvalue weighted by atomic mass is 10.0. The maximum atomic E-state index is 15.7. The summed E-state index contributed by atoms with van der Waals surface area (Å²) in [4.78, 5) is 17.7. The first-order valence-corrected chi connectivity index (χ1v) is 22.4. The number of hydrogen-bond acceptors (Lipinski definition) is 13. The summed E-state index contributed by atoms with van der Waals surface area (Å²) < 4.78 is 93.1. The molecule has 0 aliphatic rings. The molecule has 62 heavy (non-hydrogen) atoms. The summed E-state index contributed by atoms with van der Waals surface area (Å²) in [6.07, 6.45) is 0. The summed E-state index contributed by atoms with van der Waals surface area (Å²) in [5, 5.41) is 60.0. The fourth-order valence-electron chi connectivity index (χ4n) is 7.39. The zero-order chi connectivity index (χ0) is 44.3. The molecule has 0 bridgehead atoms. The molecule has 0 heterocycles. The van der Waals surface area contributed by atoms with Crippen molar-refractivity contribution in [3.8, 4) is 17.2 Å². The molecule has 16 nitrogen and oxygen atoms in total. The highest BCUT2D eigenvalue weighted by molar-refractivity contribution is 7.96. The van der Waals surface area contributed by atoms with Crippen LogP contribution in [0.3, 0.4) is 0 Å². The second-order valence-electron chi connectivity index (χ2n) is 13.6. The molecule has 0 saturated heterocycles. The molecule has 0 saturated carbocycles. The van der Waals surface area contributed by atoms with Crippen molar-refractivity contribution >= 4 is 84.7 Å². The minimum absolute atomic E-state index is 0.113. The standard InChI is InChI=1S/C43H22N6O10S3/c44-47-31-19-15-24-27(39(31)51)9-4-12-34(24)60(54,55)37-22-18-30(38(50)23-7-2-1-3-8-23)42(61(56,57)35-13-5-10-28-25(35)16-20-32(48-45)40(28)52)43(37)62(58,59)36-14-6-11-29-26(36)17-21-33(49-46)41(29)53/h1-22H/p+3. The van der Waals surface area contributed by atoms with Gasteiger partial charge in [0, 0.05) is 61.6 Å². The van der Waals surface area contributed by atoms with Gasteiger partial charge in [-0.1, -0.05) is 66.7 Å². The third kappa shape index (κ3) is 6.10. The molecule has 8 aromatic rings. The lowest BCUT2D eigenvalue weighted by Crippen LogP contribution is -2.21. The fraction of sp³-hybridized carbons (Fsp3) is 0. The highest BCUT2D eigenvalue weighted by atomic mass is 32.2. The van der Waals surface area contributed by atoms with Gasteiger partial charge in [0.15, 0.2) is 20.7 Å². The Morgan fingerprint density at radius 1 is 0.387 bits per heavy atom. The second-order valence-corrected chi connectivity index (χ2v) is 19.2. The van der Waals surface area contributed by atoms with Crippen LogP contribution in [0.4, 0.5) is 17.1 Å². The summed E-state index contributed by atoms with van der Waals surface area (Å²) in [6, 6.07) is 26.1. The van der Waals surface area contributed by atoms with Crippen molar-refractivity contribution in [2.75, 3.05) is 0 Å². The maximum absolute atomic E-state index is 15.7. The van der Waals surface area contributed by atoms with Crippen molar-refractivity contribution in [2.45, 2.75) is 29.4 Å². The Balaban J connectivity index is 1.58. The third-order valence-electron chi connectivity index (χ3n) is 10.3. The number of fused-ring (bicyclic) bond motifs is 3. The first-order valence-electron chi connectivity index (χ1n) is 17.9. The number of carbonyl (C=O) groups is 1. The Hall–Kier alpha value is -8.28. The number of carbonyl (C=O) groups excluding carboxylic acids is 1. The van der Waals surface area contributed by atoms with E-state index in [2.05, 4.69) is 14.9 Å². The highest BCUT2D eigenvalue weighted by Crippen LogP contribution is 2.47. The number of hydrogen-bond donors (Lipinski definition) is 3. The molecule has 0 aromatic heterocycles. The second kappa shape index (κ2) is 14.8. The molecule has 19 heteroatoms. The minimum atomic E-state index is -5.54. The molecular weight excluding hydrogens is 857 g/mol. The SMILES string of the molecule is N#[N+]c1ccc2c(S(=O)(=O)c3ccc(C(=O)c4ccccc4)c(S(=O)(=O)c4cccc5c(O)c([N+]#N)ccc45)c3S(=O)(=O)c3cccc4c(O)c([N+]#N)ccc34)cccc2c1O. The molecule has 8 rings (SSSR count). The zero-order valence-corrected chi connectivity index (χ0v) is 33.8. The number of diazo groups is 3. The Kier molecular flexibility index (Phi) is 9.65. The summed E-state index contributed by atoms with van der Waals surface area (Å²) in [5.41, 5.74) is -1.92. The van der Waals surface area contributed by atoms with E-state index in [-0.39, 0.29) is 54.9 Å². The Labute approximate surface area is 350 Å². The average Bonchev–Trinajstić information content (AvgIpc) is 3.28. The third-order valence-corrected chi connectivity index (χ3v) is 16.2. The van der Waals surface area contributed by atoms with Gasteiger partial charge in [-0.05, 0) is 48.5 Å². The molecule has 0 unspecified atom stereocenters. The summed E-state index contributed by atoms with van der Waals surface area (Å²) in [6.45, 7) is 0. The molecule has 0 spiro atoms. The zero-order valence-electron chi connectivity index (χ0n) is 31.3. The molecule has 3 N–H and O–H groups in total. The van der Waals surface area contributed by atoms with Crippen LogP contribution >= 0.6 is 0 Å². The van der Waals surface area contributed by atoms with Crippen LogP contribution in [0.5, 0.6) is 17.2 Å². The van der Waals surface area contributed by atoms with Gasteiger partial charge in [0.2, 0.25) is 62.9 Å². The van der Waals surface area contributed by atoms with Crippen LogP contribution in [0.1, 0.15) is 15.9 Å². The first kappa shape index (κ1) is 40.5. The molecule has 0 fully saturated rings. The Morgan fingerprint density at radius 3 is 1.18 bits per heavy atom. The predicted molar refractivity (Wildman–Crippen MR) is 224 cm³/mol. The normalized spacial score (nSPS) is 11.8. The number of phenols is 3. The average molecular weight is 882 g/mol. The van der Waals surface area contributed by atoms with Crippen molar-refractivity contribution in [1.29, 1.82) is 16.2 Å². The van der Waals surface area contributed by atoms with Crippen LogP contribution in [0.25, 0.3) is 47.2 Å². The number of ketones is 1. The summed E-state index contributed by atoms with van der Waals surface area (Å²) in [7, 11) is -16.2. The van der Waals surface area contributed by atoms with E-state index in [1.165, 1.54) is 66.7 Å². The van der Waals surface area contributed by atoms with Gasteiger partial charge in [0.25, 0.3) is 0 Å². The van der Waals surface area contributed by atoms with Crippen LogP contribution < -0.4 is 0 Å². The molecule has 0 amide bonds. The van der Waals surface area contributed by atoms with Gasteiger partial charge in [0.05, 0.1) is 19.6 Å². The van der Waals surface area contributed by atoms with Crippen molar-refractivity contribution in [2.24, 2.45) is 0 Å². The number of phenolic OH excluding ortho intramolecular Hbond substituents is 3. The number of sulfone groups is 3. The van der Waals surface area contributed by atoms with Gasteiger partial charge in [-0.25, -0.2) is 25.3 Å². The molecule has 8 aromatic carbocycles. The van der Waals surface area contributed by atoms with Crippen LogP contribution in [0.15, 0.2) is 163 Å². The van der Waals surface area contributed by atoms with Crippen LogP contribution in [0, 0.1) is 16.2 Å². The smallest absolute Gasteiger partial charge is 0.426 e. The largest absolute Gasteiger partial charge is 0.501 e. The van der Waals surface area contributed by atoms with E-state index < -0.39 is 87.5 Å². The number of rotatable bonds is 8. The van der Waals surface area contributed by atoms with E-state index in [0.29, 0.717) is 0 Å². The summed E-state index contributed by atoms with van der Waals surface area (Å²) >= 11 is 0. The number of benzene rings is 8. The monoisotopic (exact) mass is 881 g/mol. The van der Waals surface area contributed by atoms with Crippen molar-refractivity contribution < 1.29 is 45.4 Å². The van der Waals surface area contributed by atoms with E-state index in [1.807, 2.05) is 0 Å². The maximum Gasteiger partial charge on any atom is 0.426 e. The van der Waals surface area contributed by atoms with Gasteiger partial charge < -0.3 is 15.3 Å². The van der Waals surface area contributed by atoms with Crippen molar-refractivity contribution in [1.82, 2.24) is 0 Å². The topological polar surface area (TPSA) is 265 Å². The van der Waals surface area contributed by atoms with Crippen molar-refractivity contribution in [3.63, 3.8) is 0 Å². The predicted octanol–water partition coefficient (Wildman–Crippen LogP) is 9.45. The van der Waals surface area contributed by atoms with Crippen LogP contribution in [-0.4, -0.2) is 46.4 Å². The summed E-state index contributed by atoms with van der Waals surface area (Å²) in [5.74, 6) is -3.01. The minimum Gasteiger partial charge on any atom is -0.501 e. The van der Waals surface area contributed by atoms with Crippen LogP contribution in [-0.2, 0) is 29.5 Å². The molecule has 0 radical (unpaired) electrons. The molecule has 0 atom stereocenters. The van der Waals surface area contributed by atoms with E-state index >= 15 is 25.3 Å². The Bertz CT molecular complexity index is 3790. The van der Waals surface area contributed by atoms with Crippen LogP contribution in [0.2, 0.25) is 0 Å². The lowest BCUT2D eigenvalue weighted by molar-refractivity contribution is 0.103. The van der Waals surface area contributed by atoms with E-state index in [9.17, 15) is 36.3 Å². The van der Waals surface area contributed by atoms with E-state index in [0.717, 1.165) is 60.7 Å². The molecule has 0 aliphatic carbocycles. The highest BCUT2D eigenvalue weighted by Gasteiger charge is 2.42. The van der Waals surface area contributed by atoms with Gasteiger partial charge in [-0.2, -0.15) is 0 Å². The molecule has 0 aliphatic heterocycles. The molecular formula is C43H25N6O10S3+3. The Morgan fingerprint density at radius 2 is 0.774 bits per heavy atom. The van der Waals surface area contributed by atoms with Gasteiger partial charge >= 0.3 is 17.1 Å².